The van der Waals surface area contributed by atoms with E-state index in [4.69, 9.17) is 9.52 Å². The van der Waals surface area contributed by atoms with E-state index in [-0.39, 0.29) is 22.6 Å². The van der Waals surface area contributed by atoms with Crippen LogP contribution < -0.4 is 14.8 Å². The van der Waals surface area contributed by atoms with Crippen molar-refractivity contribution in [1.29, 1.82) is 4.78 Å². The zero-order valence-corrected chi connectivity index (χ0v) is 18.3. The van der Waals surface area contributed by atoms with Crippen molar-refractivity contribution in [1.82, 2.24) is 24.3 Å². The molecule has 1 aliphatic heterocycles. The number of hydrogen-bond donors (Lipinski definition) is 3. The van der Waals surface area contributed by atoms with Crippen LogP contribution in [0.2, 0.25) is 0 Å². The Morgan fingerprint density at radius 3 is 2.69 bits per heavy atom. The Morgan fingerprint density at radius 2 is 2.07 bits per heavy atom. The maximum absolute atomic E-state index is 13.0. The standard InChI is InChI=1S/C18H29N7O3S/c1-6-24-16(12(4)5)15(14(22-24)11(2)3)21-18(26)23-29(19,27)13-10-20-25-8-7-9-28-17(13)25/h10-12H,6-9H2,1-5H3,(H3,19,21,23,26,27)/t29-/m0/s1. The van der Waals surface area contributed by atoms with E-state index in [1.807, 2.05) is 39.3 Å². The molecule has 3 heterocycles. The molecule has 0 bridgehead atoms. The molecule has 0 aromatic carbocycles. The quantitative estimate of drug-likeness (QED) is 0.657. The highest BCUT2D eigenvalue weighted by Crippen LogP contribution is 2.32. The molecule has 2 aromatic heterocycles. The molecule has 1 atom stereocenters. The van der Waals surface area contributed by atoms with Crippen LogP contribution in [0.25, 0.3) is 0 Å². The largest absolute Gasteiger partial charge is 0.477 e. The van der Waals surface area contributed by atoms with Gasteiger partial charge < -0.3 is 10.1 Å². The van der Waals surface area contributed by atoms with Crippen LogP contribution in [0.3, 0.4) is 0 Å². The molecule has 0 fully saturated rings. The van der Waals surface area contributed by atoms with Crippen molar-refractivity contribution >= 4 is 21.6 Å². The summed E-state index contributed by atoms with van der Waals surface area (Å²) < 4.78 is 32.4. The first kappa shape index (κ1) is 21.2. The highest BCUT2D eigenvalue weighted by atomic mass is 32.2. The number of carbonyl (C=O) groups excluding carboxylic acids is 1. The number of aryl methyl sites for hydroxylation is 2. The summed E-state index contributed by atoms with van der Waals surface area (Å²) in [6, 6.07) is -0.722. The zero-order valence-electron chi connectivity index (χ0n) is 17.5. The Hall–Kier alpha value is -2.56. The van der Waals surface area contributed by atoms with Crippen molar-refractivity contribution in [2.24, 2.45) is 0 Å². The van der Waals surface area contributed by atoms with E-state index in [0.29, 0.717) is 25.4 Å². The van der Waals surface area contributed by atoms with Gasteiger partial charge in [-0.3, -0.25) is 4.68 Å². The van der Waals surface area contributed by atoms with Crippen LogP contribution in [-0.2, 0) is 23.0 Å². The van der Waals surface area contributed by atoms with Crippen LogP contribution in [0, 0.1) is 4.78 Å². The predicted molar refractivity (Wildman–Crippen MR) is 110 cm³/mol. The summed E-state index contributed by atoms with van der Waals surface area (Å²) in [5.41, 5.74) is 2.26. The van der Waals surface area contributed by atoms with Gasteiger partial charge >= 0.3 is 6.03 Å². The van der Waals surface area contributed by atoms with Crippen molar-refractivity contribution in [3.8, 4) is 5.88 Å². The highest BCUT2D eigenvalue weighted by Gasteiger charge is 2.28. The topological polar surface area (TPSA) is 127 Å². The summed E-state index contributed by atoms with van der Waals surface area (Å²) in [6.45, 7) is 11.8. The third-order valence-corrected chi connectivity index (χ3v) is 6.08. The Balaban J connectivity index is 1.87. The first-order valence-electron chi connectivity index (χ1n) is 9.82. The monoisotopic (exact) mass is 423 g/mol. The number of nitrogens with one attached hydrogen (secondary N) is 3. The van der Waals surface area contributed by atoms with E-state index >= 15 is 0 Å². The van der Waals surface area contributed by atoms with Gasteiger partial charge in [0.15, 0.2) is 9.92 Å². The average molecular weight is 424 g/mol. The first-order valence-corrected chi connectivity index (χ1v) is 11.4. The lowest BCUT2D eigenvalue weighted by Gasteiger charge is -2.18. The van der Waals surface area contributed by atoms with Gasteiger partial charge in [0.2, 0.25) is 5.88 Å². The molecule has 29 heavy (non-hydrogen) atoms. The molecule has 0 spiro atoms. The smallest absolute Gasteiger partial charge is 0.332 e. The zero-order chi connectivity index (χ0) is 21.3. The van der Waals surface area contributed by atoms with E-state index in [9.17, 15) is 9.00 Å². The molecule has 2 amide bonds. The predicted octanol–water partition coefficient (Wildman–Crippen LogP) is 3.27. The number of amides is 2. The fourth-order valence-corrected chi connectivity index (χ4v) is 4.45. The summed E-state index contributed by atoms with van der Waals surface area (Å²) in [5.74, 6) is 0.495. The number of carbonyl (C=O) groups is 1. The molecule has 0 saturated carbocycles. The van der Waals surface area contributed by atoms with Crippen LogP contribution >= 0.6 is 0 Å². The summed E-state index contributed by atoms with van der Waals surface area (Å²) in [6.07, 6.45) is 2.11. The molecule has 0 saturated heterocycles. The third-order valence-electron chi connectivity index (χ3n) is 4.71. The minimum absolute atomic E-state index is 0.0739. The fraction of sp³-hybridized carbons (Fsp3) is 0.611. The van der Waals surface area contributed by atoms with Crippen LogP contribution in [0.4, 0.5) is 10.5 Å². The molecule has 0 aliphatic carbocycles. The Morgan fingerprint density at radius 1 is 1.34 bits per heavy atom. The third kappa shape index (κ3) is 4.09. The molecule has 1 aliphatic rings. The molecular weight excluding hydrogens is 394 g/mol. The second kappa shape index (κ2) is 8.05. The van der Waals surface area contributed by atoms with Crippen LogP contribution in [0.15, 0.2) is 11.1 Å². The molecule has 2 aromatic rings. The second-order valence-corrected chi connectivity index (χ2v) is 9.38. The first-order chi connectivity index (χ1) is 13.7. The van der Waals surface area contributed by atoms with E-state index in [1.54, 1.807) is 4.68 Å². The number of ether oxygens (including phenoxy) is 1. The summed E-state index contributed by atoms with van der Waals surface area (Å²) in [7, 11) is -3.64. The number of nitrogens with zero attached hydrogens (tertiary/aromatic N) is 4. The normalized spacial score (nSPS) is 15.7. The van der Waals surface area contributed by atoms with Gasteiger partial charge in [-0.1, -0.05) is 27.7 Å². The average Bonchev–Trinajstić information content (AvgIpc) is 3.22. The van der Waals surface area contributed by atoms with Gasteiger partial charge in [-0.2, -0.15) is 10.2 Å². The van der Waals surface area contributed by atoms with Crippen LogP contribution in [-0.4, -0.2) is 36.4 Å². The van der Waals surface area contributed by atoms with Crippen molar-refractivity contribution in [3.05, 3.63) is 17.6 Å². The fourth-order valence-electron chi connectivity index (χ4n) is 3.42. The van der Waals surface area contributed by atoms with Gasteiger partial charge in [-0.05, 0) is 18.8 Å². The summed E-state index contributed by atoms with van der Waals surface area (Å²) in [5, 5.41) is 11.5. The molecule has 0 radical (unpaired) electrons. The summed E-state index contributed by atoms with van der Waals surface area (Å²) >= 11 is 0. The van der Waals surface area contributed by atoms with E-state index < -0.39 is 15.9 Å². The number of hydrogen-bond acceptors (Lipinski definition) is 6. The van der Waals surface area contributed by atoms with Crippen molar-refractivity contribution in [2.75, 3.05) is 11.9 Å². The Bertz CT molecular complexity index is 1010. The SMILES string of the molecule is CCn1nc(C(C)C)c(NC(=O)N[S@](=N)(=O)c2cnn3c2OCCC3)c1C(C)C. The minimum atomic E-state index is -3.64. The number of aromatic nitrogens is 4. The van der Waals surface area contributed by atoms with Gasteiger partial charge in [-0.25, -0.2) is 23.2 Å². The summed E-state index contributed by atoms with van der Waals surface area (Å²) in [4.78, 5) is 12.8. The van der Waals surface area contributed by atoms with Gasteiger partial charge in [0, 0.05) is 19.5 Å². The molecule has 3 N–H and O–H groups in total. The maximum atomic E-state index is 13.0. The van der Waals surface area contributed by atoms with Crippen molar-refractivity contribution < 1.29 is 13.7 Å². The van der Waals surface area contributed by atoms with Crippen LogP contribution in [0.5, 0.6) is 5.88 Å². The molecule has 0 unspecified atom stereocenters. The molecule has 3 rings (SSSR count). The Labute approximate surface area is 171 Å². The van der Waals surface area contributed by atoms with Crippen LogP contribution in [0.1, 0.15) is 64.3 Å². The van der Waals surface area contributed by atoms with E-state index in [1.165, 1.54) is 6.20 Å². The van der Waals surface area contributed by atoms with Gasteiger partial charge in [0.05, 0.1) is 29.9 Å². The lowest BCUT2D eigenvalue weighted by Crippen LogP contribution is -2.34. The molecule has 160 valence electrons. The Kier molecular flexibility index (Phi) is 5.87. The number of rotatable bonds is 6. The van der Waals surface area contributed by atoms with E-state index in [2.05, 4.69) is 20.2 Å². The molecule has 10 nitrogen and oxygen atoms in total. The lowest BCUT2D eigenvalue weighted by atomic mass is 10.0. The number of urea groups is 1. The lowest BCUT2D eigenvalue weighted by molar-refractivity contribution is 0.224. The second-order valence-electron chi connectivity index (χ2n) is 7.62. The highest BCUT2D eigenvalue weighted by molar-refractivity contribution is 7.91. The van der Waals surface area contributed by atoms with Crippen molar-refractivity contribution in [3.63, 3.8) is 0 Å². The van der Waals surface area contributed by atoms with Crippen molar-refractivity contribution in [2.45, 2.75) is 70.9 Å². The van der Waals surface area contributed by atoms with E-state index in [0.717, 1.165) is 17.8 Å². The minimum Gasteiger partial charge on any atom is -0.477 e. The number of fused-ring (bicyclic) bond motifs is 1. The van der Waals surface area contributed by atoms with Gasteiger partial charge in [-0.15, -0.1) is 0 Å². The maximum Gasteiger partial charge on any atom is 0.332 e. The van der Waals surface area contributed by atoms with Gasteiger partial charge in [0.1, 0.15) is 4.90 Å². The van der Waals surface area contributed by atoms with Gasteiger partial charge in [0.25, 0.3) is 0 Å². The number of anilines is 1. The molecule has 11 heteroatoms. The molecular formula is C18H29N7O3S.